The quantitative estimate of drug-likeness (QED) is 0.481. The number of alkyl halides is 2. The van der Waals surface area contributed by atoms with Gasteiger partial charge in [0.05, 0.1) is 6.42 Å². The molecular formula is C10H10Cl2F2N2O. The van der Waals surface area contributed by atoms with Crippen molar-refractivity contribution in [3.8, 4) is 0 Å². The van der Waals surface area contributed by atoms with Crippen molar-refractivity contribution < 1.29 is 13.6 Å². The van der Waals surface area contributed by atoms with Gasteiger partial charge in [0.25, 0.3) is 0 Å². The van der Waals surface area contributed by atoms with Gasteiger partial charge in [0.1, 0.15) is 0 Å². The molecule has 7 heteroatoms. The predicted octanol–water partition coefficient (Wildman–Crippen LogP) is 3.11. The predicted molar refractivity (Wildman–Crippen MR) is 61.3 cm³/mol. The van der Waals surface area contributed by atoms with E-state index in [1.165, 1.54) is 0 Å². The van der Waals surface area contributed by atoms with Crippen LogP contribution in [0.1, 0.15) is 11.1 Å². The van der Waals surface area contributed by atoms with E-state index in [1.54, 1.807) is 24.3 Å². The minimum absolute atomic E-state index is 0.0248. The van der Waals surface area contributed by atoms with Crippen molar-refractivity contribution in [1.82, 2.24) is 9.06 Å². The van der Waals surface area contributed by atoms with Gasteiger partial charge in [0, 0.05) is 23.6 Å². The third kappa shape index (κ3) is 4.11. The molecule has 94 valence electrons. The van der Waals surface area contributed by atoms with Crippen molar-refractivity contribution in [3.63, 3.8) is 0 Å². The smallest absolute Gasteiger partial charge is 0.273 e. The van der Waals surface area contributed by atoms with E-state index in [0.717, 1.165) is 5.56 Å². The van der Waals surface area contributed by atoms with Gasteiger partial charge in [-0.1, -0.05) is 29.8 Å². The van der Waals surface area contributed by atoms with Crippen LogP contribution in [-0.2, 0) is 11.2 Å². The Balaban J connectivity index is 2.73. The summed E-state index contributed by atoms with van der Waals surface area (Å²) in [6.07, 6.45) is -0.194. The van der Waals surface area contributed by atoms with Crippen LogP contribution in [-0.4, -0.2) is 21.5 Å². The number of halogens is 4. The molecule has 0 aliphatic rings. The summed E-state index contributed by atoms with van der Waals surface area (Å²) in [5.74, 6) is -0.881. The third-order valence-corrected chi connectivity index (χ3v) is 2.40. The van der Waals surface area contributed by atoms with E-state index in [-0.39, 0.29) is 15.5 Å². The van der Waals surface area contributed by atoms with E-state index >= 15 is 0 Å². The summed E-state index contributed by atoms with van der Waals surface area (Å²) in [7, 11) is 0. The molecule has 1 amide bonds. The van der Waals surface area contributed by atoms with Crippen LogP contribution in [0.15, 0.2) is 24.3 Å². The van der Waals surface area contributed by atoms with Crippen molar-refractivity contribution in [2.24, 2.45) is 0 Å². The SMILES string of the molecule is Cc1ccc(CC(=O)N(C(F)F)N(Cl)Cl)cc1. The zero-order valence-corrected chi connectivity index (χ0v) is 10.4. The fourth-order valence-corrected chi connectivity index (χ4v) is 1.52. The number of nitrogens with zero attached hydrogens (tertiary/aromatic N) is 2. The highest BCUT2D eigenvalue weighted by atomic mass is 35.5. The first-order chi connectivity index (χ1) is 7.91. The highest BCUT2D eigenvalue weighted by Gasteiger charge is 2.27. The van der Waals surface area contributed by atoms with Crippen molar-refractivity contribution in [2.45, 2.75) is 19.9 Å². The Kier molecular flexibility index (Phi) is 5.11. The Morgan fingerprint density at radius 3 is 2.24 bits per heavy atom. The van der Waals surface area contributed by atoms with Gasteiger partial charge in [-0.3, -0.25) is 4.79 Å². The fraction of sp³-hybridized carbons (Fsp3) is 0.300. The molecule has 0 heterocycles. The second-order valence-electron chi connectivity index (χ2n) is 3.39. The molecule has 1 rings (SSSR count). The molecule has 17 heavy (non-hydrogen) atoms. The molecule has 0 N–H and O–H groups in total. The first kappa shape index (κ1) is 14.2. The first-order valence-electron chi connectivity index (χ1n) is 4.69. The van der Waals surface area contributed by atoms with E-state index in [2.05, 4.69) is 0 Å². The van der Waals surface area contributed by atoms with Gasteiger partial charge in [-0.15, -0.1) is 0 Å². The molecular weight excluding hydrogens is 273 g/mol. The third-order valence-electron chi connectivity index (χ3n) is 2.08. The standard InChI is InChI=1S/C10H10Cl2F2N2O/c1-7-2-4-8(5-3-7)6-9(17)15(10(13)14)16(11)12/h2-5,10H,6H2,1H3. The lowest BCUT2D eigenvalue weighted by atomic mass is 10.1. The minimum atomic E-state index is -3.08. The second-order valence-corrected chi connectivity index (χ2v) is 4.21. The average molecular weight is 283 g/mol. The van der Waals surface area contributed by atoms with Gasteiger partial charge in [0.2, 0.25) is 5.91 Å². The summed E-state index contributed by atoms with van der Waals surface area (Å²) in [5.41, 5.74) is 1.63. The molecule has 1 aromatic carbocycles. The summed E-state index contributed by atoms with van der Waals surface area (Å²) in [6.45, 7) is -1.20. The largest absolute Gasteiger partial charge is 0.332 e. The molecule has 0 fully saturated rings. The Morgan fingerprint density at radius 2 is 1.82 bits per heavy atom. The lowest BCUT2D eigenvalue weighted by Crippen LogP contribution is -2.41. The van der Waals surface area contributed by atoms with Crippen LogP contribution in [0.25, 0.3) is 0 Å². The molecule has 0 unspecified atom stereocenters. The van der Waals surface area contributed by atoms with Gasteiger partial charge in [-0.2, -0.15) is 13.8 Å². The second kappa shape index (κ2) is 6.14. The number of rotatable bonds is 4. The van der Waals surface area contributed by atoms with Crippen LogP contribution in [0.2, 0.25) is 0 Å². The van der Waals surface area contributed by atoms with Crippen LogP contribution < -0.4 is 0 Å². The number of aryl methyl sites for hydroxylation is 1. The van der Waals surface area contributed by atoms with Gasteiger partial charge >= 0.3 is 6.55 Å². The molecule has 0 radical (unpaired) electrons. The van der Waals surface area contributed by atoms with Gasteiger partial charge < -0.3 is 0 Å². The maximum atomic E-state index is 12.5. The van der Waals surface area contributed by atoms with E-state index in [0.29, 0.717) is 5.56 Å². The summed E-state index contributed by atoms with van der Waals surface area (Å²) < 4.78 is 25.0. The van der Waals surface area contributed by atoms with E-state index in [9.17, 15) is 13.6 Å². The van der Waals surface area contributed by atoms with E-state index < -0.39 is 12.5 Å². The minimum Gasteiger partial charge on any atom is -0.273 e. The van der Waals surface area contributed by atoms with Gasteiger partial charge in [-0.05, 0) is 16.5 Å². The maximum Gasteiger partial charge on any atom is 0.332 e. The highest BCUT2D eigenvalue weighted by Crippen LogP contribution is 2.16. The monoisotopic (exact) mass is 282 g/mol. The number of carbonyl (C=O) groups is 1. The van der Waals surface area contributed by atoms with Crippen molar-refractivity contribution in [1.29, 1.82) is 0 Å². The number of amides is 1. The summed E-state index contributed by atoms with van der Waals surface area (Å²) in [4.78, 5) is 11.5. The number of carbonyl (C=O) groups excluding carboxylic acids is 1. The van der Waals surface area contributed by atoms with Crippen LogP contribution in [0, 0.1) is 6.92 Å². The molecule has 0 saturated carbocycles. The highest BCUT2D eigenvalue weighted by molar-refractivity contribution is 6.33. The summed E-state index contributed by atoms with van der Waals surface area (Å²) >= 11 is 10.3. The van der Waals surface area contributed by atoms with Crippen LogP contribution in [0.4, 0.5) is 8.78 Å². The Hall–Kier alpha value is -0.910. The normalized spacial score (nSPS) is 11.0. The molecule has 0 bridgehead atoms. The molecule has 0 saturated heterocycles. The van der Waals surface area contributed by atoms with E-state index in [1.807, 2.05) is 6.92 Å². The Morgan fingerprint density at radius 1 is 1.29 bits per heavy atom. The lowest BCUT2D eigenvalue weighted by Gasteiger charge is -2.22. The fourth-order valence-electron chi connectivity index (χ4n) is 1.22. The number of hydrazine groups is 1. The first-order valence-corrected chi connectivity index (χ1v) is 5.37. The average Bonchev–Trinajstić information content (AvgIpc) is 2.20. The molecule has 0 aromatic heterocycles. The van der Waals surface area contributed by atoms with Crippen LogP contribution >= 0.6 is 23.6 Å². The van der Waals surface area contributed by atoms with E-state index in [4.69, 9.17) is 23.6 Å². The maximum absolute atomic E-state index is 12.5. The number of benzene rings is 1. The van der Waals surface area contributed by atoms with Gasteiger partial charge in [0.15, 0.2) is 0 Å². The molecule has 0 aliphatic carbocycles. The molecule has 0 spiro atoms. The molecule has 0 atom stereocenters. The zero-order valence-electron chi connectivity index (χ0n) is 8.91. The molecule has 0 aliphatic heterocycles. The Bertz CT molecular complexity index is 376. The summed E-state index contributed by atoms with van der Waals surface area (Å²) in [5, 5.41) is -0.0248. The van der Waals surface area contributed by atoms with Gasteiger partial charge in [-0.25, -0.2) is 0 Å². The number of hydrogen-bond donors (Lipinski definition) is 0. The Labute approximate surface area is 108 Å². The zero-order chi connectivity index (χ0) is 13.0. The van der Waals surface area contributed by atoms with Crippen LogP contribution in [0.3, 0.4) is 0 Å². The van der Waals surface area contributed by atoms with Crippen molar-refractivity contribution in [2.75, 3.05) is 0 Å². The summed E-state index contributed by atoms with van der Waals surface area (Å²) in [6, 6.07) is 6.94. The van der Waals surface area contributed by atoms with Crippen molar-refractivity contribution in [3.05, 3.63) is 35.4 Å². The topological polar surface area (TPSA) is 23.6 Å². The molecule has 3 nitrogen and oxygen atoms in total. The lowest BCUT2D eigenvalue weighted by molar-refractivity contribution is -0.157. The molecule has 1 aromatic rings. The van der Waals surface area contributed by atoms with Crippen molar-refractivity contribution >= 4 is 29.5 Å². The van der Waals surface area contributed by atoms with Crippen LogP contribution in [0.5, 0.6) is 0 Å². The number of hydrogen-bond acceptors (Lipinski definition) is 2.